The Bertz CT molecular complexity index is 506. The van der Waals surface area contributed by atoms with Crippen LogP contribution < -0.4 is 0 Å². The zero-order chi connectivity index (χ0) is 12.1. The zero-order valence-electron chi connectivity index (χ0n) is 9.73. The molecule has 0 bridgehead atoms. The summed E-state index contributed by atoms with van der Waals surface area (Å²) in [6.07, 6.45) is 0. The van der Waals surface area contributed by atoms with E-state index in [1.165, 1.54) is 6.07 Å². The first kappa shape index (κ1) is 12.2. The average molecular weight is 217 g/mol. The second-order valence-corrected chi connectivity index (χ2v) is 3.26. The van der Waals surface area contributed by atoms with Gasteiger partial charge in [0.15, 0.2) is 0 Å². The third kappa shape index (κ3) is 2.37. The molecule has 2 rings (SSSR count). The van der Waals surface area contributed by atoms with Crippen LogP contribution in [0.5, 0.6) is 0 Å². The van der Waals surface area contributed by atoms with Crippen LogP contribution in [0.1, 0.15) is 19.4 Å². The Morgan fingerprint density at radius 1 is 1.12 bits per heavy atom. The SMILES string of the molecule is CC.Cc1ccc2cccc([N+](=O)[O-])c2c1. The Morgan fingerprint density at radius 3 is 2.44 bits per heavy atom. The molecule has 16 heavy (non-hydrogen) atoms. The van der Waals surface area contributed by atoms with Gasteiger partial charge in [-0.3, -0.25) is 10.1 Å². The third-order valence-corrected chi connectivity index (χ3v) is 2.21. The maximum atomic E-state index is 10.7. The highest BCUT2D eigenvalue weighted by Gasteiger charge is 2.09. The van der Waals surface area contributed by atoms with Gasteiger partial charge in [0.05, 0.1) is 10.3 Å². The fourth-order valence-electron chi connectivity index (χ4n) is 1.53. The molecule has 3 nitrogen and oxygen atoms in total. The second kappa shape index (κ2) is 5.26. The van der Waals surface area contributed by atoms with Crippen LogP contribution in [-0.4, -0.2) is 4.92 Å². The molecule has 0 fully saturated rings. The van der Waals surface area contributed by atoms with E-state index in [0.717, 1.165) is 10.9 Å². The van der Waals surface area contributed by atoms with E-state index in [1.807, 2.05) is 45.0 Å². The third-order valence-electron chi connectivity index (χ3n) is 2.21. The van der Waals surface area contributed by atoms with Gasteiger partial charge in [-0.05, 0) is 18.4 Å². The highest BCUT2D eigenvalue weighted by atomic mass is 16.6. The summed E-state index contributed by atoms with van der Waals surface area (Å²) >= 11 is 0. The minimum Gasteiger partial charge on any atom is -0.258 e. The van der Waals surface area contributed by atoms with E-state index >= 15 is 0 Å². The molecule has 84 valence electrons. The molecule has 0 saturated carbocycles. The molecule has 0 aromatic heterocycles. The minimum atomic E-state index is -0.345. The first-order chi connectivity index (χ1) is 7.68. The summed E-state index contributed by atoms with van der Waals surface area (Å²) in [5.74, 6) is 0. The molecule has 0 unspecified atom stereocenters. The van der Waals surface area contributed by atoms with E-state index in [9.17, 15) is 10.1 Å². The molecule has 0 aliphatic carbocycles. The molecule has 0 spiro atoms. The molecular weight excluding hydrogens is 202 g/mol. The van der Waals surface area contributed by atoms with Crippen LogP contribution in [0.15, 0.2) is 36.4 Å². The molecule has 2 aromatic carbocycles. The van der Waals surface area contributed by atoms with Crippen molar-refractivity contribution in [1.82, 2.24) is 0 Å². The monoisotopic (exact) mass is 217 g/mol. The lowest BCUT2D eigenvalue weighted by Gasteiger charge is -1.99. The second-order valence-electron chi connectivity index (χ2n) is 3.26. The number of hydrogen-bond acceptors (Lipinski definition) is 2. The number of rotatable bonds is 1. The molecule has 3 heteroatoms. The number of hydrogen-bond donors (Lipinski definition) is 0. The van der Waals surface area contributed by atoms with Crippen LogP contribution in [0.25, 0.3) is 10.8 Å². The maximum absolute atomic E-state index is 10.7. The van der Waals surface area contributed by atoms with Crippen molar-refractivity contribution in [3.8, 4) is 0 Å². The van der Waals surface area contributed by atoms with Crippen molar-refractivity contribution in [3.63, 3.8) is 0 Å². The fourth-order valence-corrected chi connectivity index (χ4v) is 1.53. The van der Waals surface area contributed by atoms with E-state index in [0.29, 0.717) is 5.39 Å². The first-order valence-corrected chi connectivity index (χ1v) is 5.32. The Balaban J connectivity index is 0.000000606. The largest absolute Gasteiger partial charge is 0.277 e. The van der Waals surface area contributed by atoms with E-state index in [1.54, 1.807) is 6.07 Å². The van der Waals surface area contributed by atoms with Gasteiger partial charge in [-0.15, -0.1) is 0 Å². The Labute approximate surface area is 94.9 Å². The predicted octanol–water partition coefficient (Wildman–Crippen LogP) is 4.08. The van der Waals surface area contributed by atoms with Crippen LogP contribution in [0, 0.1) is 17.0 Å². The number of fused-ring (bicyclic) bond motifs is 1. The van der Waals surface area contributed by atoms with Crippen LogP contribution in [0.4, 0.5) is 5.69 Å². The van der Waals surface area contributed by atoms with Gasteiger partial charge < -0.3 is 0 Å². The van der Waals surface area contributed by atoms with Gasteiger partial charge in [-0.1, -0.05) is 43.7 Å². The molecule has 0 heterocycles. The Hall–Kier alpha value is -1.90. The molecular formula is C13H15NO2. The minimum absolute atomic E-state index is 0.172. The van der Waals surface area contributed by atoms with Crippen molar-refractivity contribution >= 4 is 16.5 Å². The summed E-state index contributed by atoms with van der Waals surface area (Å²) in [5.41, 5.74) is 1.21. The summed E-state index contributed by atoms with van der Waals surface area (Å²) in [7, 11) is 0. The quantitative estimate of drug-likeness (QED) is 0.533. The van der Waals surface area contributed by atoms with Crippen LogP contribution in [-0.2, 0) is 0 Å². The van der Waals surface area contributed by atoms with E-state index in [4.69, 9.17) is 0 Å². The molecule has 0 radical (unpaired) electrons. The van der Waals surface area contributed by atoms with E-state index < -0.39 is 0 Å². The van der Waals surface area contributed by atoms with Gasteiger partial charge in [-0.25, -0.2) is 0 Å². The number of benzene rings is 2. The summed E-state index contributed by atoms with van der Waals surface area (Å²) in [6, 6.07) is 10.8. The highest BCUT2D eigenvalue weighted by molar-refractivity contribution is 5.91. The van der Waals surface area contributed by atoms with Crippen molar-refractivity contribution in [2.45, 2.75) is 20.8 Å². The van der Waals surface area contributed by atoms with E-state index in [2.05, 4.69) is 0 Å². The van der Waals surface area contributed by atoms with Crippen LogP contribution >= 0.6 is 0 Å². The van der Waals surface area contributed by atoms with Crippen molar-refractivity contribution in [1.29, 1.82) is 0 Å². The Morgan fingerprint density at radius 2 is 1.81 bits per heavy atom. The molecule has 0 N–H and O–H groups in total. The average Bonchev–Trinajstić information content (AvgIpc) is 2.30. The summed E-state index contributed by atoms with van der Waals surface area (Å²) < 4.78 is 0. The number of non-ortho nitro benzene ring substituents is 1. The fraction of sp³-hybridized carbons (Fsp3) is 0.231. The number of nitrogens with zero attached hydrogens (tertiary/aromatic N) is 1. The van der Waals surface area contributed by atoms with Crippen molar-refractivity contribution in [2.75, 3.05) is 0 Å². The summed E-state index contributed by atoms with van der Waals surface area (Å²) in [5, 5.41) is 12.3. The van der Waals surface area contributed by atoms with Crippen molar-refractivity contribution in [3.05, 3.63) is 52.1 Å². The number of aryl methyl sites for hydroxylation is 1. The van der Waals surface area contributed by atoms with Gasteiger partial charge >= 0.3 is 0 Å². The lowest BCUT2D eigenvalue weighted by molar-refractivity contribution is -0.383. The van der Waals surface area contributed by atoms with Crippen LogP contribution in [0.2, 0.25) is 0 Å². The van der Waals surface area contributed by atoms with Gasteiger partial charge in [0, 0.05) is 6.07 Å². The van der Waals surface area contributed by atoms with Crippen LogP contribution in [0.3, 0.4) is 0 Å². The number of nitro groups is 1. The summed E-state index contributed by atoms with van der Waals surface area (Å²) in [6.45, 7) is 5.93. The zero-order valence-corrected chi connectivity index (χ0v) is 9.73. The standard InChI is InChI=1S/C11H9NO2.C2H6/c1-8-5-6-9-3-2-4-11(12(13)14)10(9)7-8;1-2/h2-7H,1H3;1-2H3. The highest BCUT2D eigenvalue weighted by Crippen LogP contribution is 2.25. The molecule has 0 amide bonds. The molecule has 0 saturated heterocycles. The van der Waals surface area contributed by atoms with Gasteiger partial charge in [0.2, 0.25) is 0 Å². The van der Waals surface area contributed by atoms with Gasteiger partial charge in [-0.2, -0.15) is 0 Å². The van der Waals surface area contributed by atoms with Crippen molar-refractivity contribution < 1.29 is 4.92 Å². The Kier molecular flexibility index (Phi) is 4.00. The molecule has 2 aromatic rings. The van der Waals surface area contributed by atoms with Gasteiger partial charge in [0.25, 0.3) is 5.69 Å². The lowest BCUT2D eigenvalue weighted by Crippen LogP contribution is -1.89. The predicted molar refractivity (Wildman–Crippen MR) is 66.7 cm³/mol. The molecule has 0 atom stereocenters. The smallest absolute Gasteiger partial charge is 0.258 e. The normalized spacial score (nSPS) is 9.44. The van der Waals surface area contributed by atoms with E-state index in [-0.39, 0.29) is 10.6 Å². The topological polar surface area (TPSA) is 43.1 Å². The molecule has 0 aliphatic rings. The lowest BCUT2D eigenvalue weighted by atomic mass is 10.1. The van der Waals surface area contributed by atoms with Crippen molar-refractivity contribution in [2.24, 2.45) is 0 Å². The first-order valence-electron chi connectivity index (χ1n) is 5.32. The number of nitro benzene ring substituents is 1. The molecule has 0 aliphatic heterocycles. The van der Waals surface area contributed by atoms with Gasteiger partial charge in [0.1, 0.15) is 0 Å². The maximum Gasteiger partial charge on any atom is 0.277 e. The summed E-state index contributed by atoms with van der Waals surface area (Å²) in [4.78, 5) is 10.4.